The Morgan fingerprint density at radius 2 is 2.11 bits per heavy atom. The Morgan fingerprint density at radius 1 is 1.32 bits per heavy atom. The highest BCUT2D eigenvalue weighted by molar-refractivity contribution is 7.98. The van der Waals surface area contributed by atoms with Crippen molar-refractivity contribution < 1.29 is 14.1 Å². The number of hydrogen-bond acceptors (Lipinski definition) is 6. The van der Waals surface area contributed by atoms with Crippen LogP contribution in [0.3, 0.4) is 0 Å². The molecule has 0 bridgehead atoms. The normalized spacial score (nSPS) is 11.9. The maximum Gasteiger partial charge on any atom is 0.253 e. The summed E-state index contributed by atoms with van der Waals surface area (Å²) in [7, 11) is 0. The number of halogens is 2. The van der Waals surface area contributed by atoms with Gasteiger partial charge in [-0.3, -0.25) is 9.59 Å². The van der Waals surface area contributed by atoms with Gasteiger partial charge in [0.1, 0.15) is 6.04 Å². The Morgan fingerprint density at radius 3 is 2.75 bits per heavy atom. The molecule has 0 saturated carbocycles. The second-order valence-electron chi connectivity index (χ2n) is 6.06. The van der Waals surface area contributed by atoms with Crippen LogP contribution in [-0.2, 0) is 11.2 Å². The van der Waals surface area contributed by atoms with Crippen LogP contribution >= 0.6 is 35.0 Å². The van der Waals surface area contributed by atoms with Gasteiger partial charge >= 0.3 is 0 Å². The number of nitrogens with one attached hydrogen (secondary N) is 2. The van der Waals surface area contributed by atoms with Crippen LogP contribution in [0.5, 0.6) is 0 Å². The highest BCUT2D eigenvalue weighted by atomic mass is 35.5. The highest BCUT2D eigenvalue weighted by Crippen LogP contribution is 2.21. The van der Waals surface area contributed by atoms with Crippen molar-refractivity contribution in [2.45, 2.75) is 32.2 Å². The summed E-state index contributed by atoms with van der Waals surface area (Å²) in [6.07, 6.45) is 3.68. The monoisotopic (exact) mass is 444 g/mol. The SMILES string of the molecule is CSCCC(NC(=O)c1ccc(Cl)cc1Cl)C(=O)NCCCc1nc(C)no1. The second-order valence-corrected chi connectivity index (χ2v) is 7.89. The molecule has 0 radical (unpaired) electrons. The first-order valence-electron chi connectivity index (χ1n) is 8.72. The number of carbonyl (C=O) groups excluding carboxylic acids is 2. The largest absolute Gasteiger partial charge is 0.354 e. The zero-order valence-corrected chi connectivity index (χ0v) is 18.0. The average Bonchev–Trinajstić information content (AvgIpc) is 3.07. The summed E-state index contributed by atoms with van der Waals surface area (Å²) in [5.74, 6) is 1.20. The van der Waals surface area contributed by atoms with Gasteiger partial charge in [0.05, 0.1) is 10.6 Å². The van der Waals surface area contributed by atoms with Gasteiger partial charge in [-0.2, -0.15) is 16.7 Å². The Labute approximate surface area is 177 Å². The minimum absolute atomic E-state index is 0.240. The van der Waals surface area contributed by atoms with E-state index in [4.69, 9.17) is 27.7 Å². The third-order valence-electron chi connectivity index (χ3n) is 3.84. The molecule has 1 unspecified atom stereocenters. The molecule has 0 aliphatic heterocycles. The van der Waals surface area contributed by atoms with Crippen molar-refractivity contribution in [3.8, 4) is 0 Å². The summed E-state index contributed by atoms with van der Waals surface area (Å²) in [5.41, 5.74) is 0.278. The number of amides is 2. The molecular formula is C18H22Cl2N4O3S. The first kappa shape index (κ1) is 22.5. The molecule has 152 valence electrons. The zero-order valence-electron chi connectivity index (χ0n) is 15.6. The zero-order chi connectivity index (χ0) is 20.5. The fourth-order valence-electron chi connectivity index (χ4n) is 2.43. The molecule has 1 aromatic heterocycles. The lowest BCUT2D eigenvalue weighted by Crippen LogP contribution is -2.47. The second kappa shape index (κ2) is 11.3. The minimum Gasteiger partial charge on any atom is -0.354 e. The first-order valence-corrected chi connectivity index (χ1v) is 10.9. The van der Waals surface area contributed by atoms with Crippen LogP contribution in [0.25, 0.3) is 0 Å². The third kappa shape index (κ3) is 7.00. The van der Waals surface area contributed by atoms with E-state index in [0.29, 0.717) is 42.5 Å². The molecule has 0 saturated heterocycles. The molecule has 2 amide bonds. The van der Waals surface area contributed by atoms with Gasteiger partial charge in [-0.1, -0.05) is 28.4 Å². The van der Waals surface area contributed by atoms with E-state index in [0.717, 1.165) is 5.75 Å². The lowest BCUT2D eigenvalue weighted by Gasteiger charge is -2.18. The predicted molar refractivity (Wildman–Crippen MR) is 111 cm³/mol. The van der Waals surface area contributed by atoms with Crippen LogP contribution < -0.4 is 10.6 Å². The quantitative estimate of drug-likeness (QED) is 0.545. The smallest absolute Gasteiger partial charge is 0.253 e. The van der Waals surface area contributed by atoms with Gasteiger partial charge in [-0.15, -0.1) is 0 Å². The van der Waals surface area contributed by atoms with Gasteiger partial charge in [0.2, 0.25) is 11.8 Å². The van der Waals surface area contributed by atoms with E-state index in [1.165, 1.54) is 12.1 Å². The average molecular weight is 445 g/mol. The number of nitrogens with zero attached hydrogens (tertiary/aromatic N) is 2. The lowest BCUT2D eigenvalue weighted by molar-refractivity contribution is -0.123. The molecule has 2 aromatic rings. The van der Waals surface area contributed by atoms with E-state index >= 15 is 0 Å². The standard InChI is InChI=1S/C18H22Cl2N4O3S/c1-11-22-16(27-24-11)4-3-8-21-18(26)15(7-9-28-2)23-17(25)13-6-5-12(19)10-14(13)20/h5-6,10,15H,3-4,7-9H2,1-2H3,(H,21,26)(H,23,25). The maximum atomic E-state index is 12.5. The minimum atomic E-state index is -0.655. The molecule has 0 aliphatic carbocycles. The Bertz CT molecular complexity index is 816. The number of thioether (sulfide) groups is 1. The molecule has 1 atom stereocenters. The van der Waals surface area contributed by atoms with Crippen molar-refractivity contribution >= 4 is 46.8 Å². The van der Waals surface area contributed by atoms with E-state index < -0.39 is 11.9 Å². The molecular weight excluding hydrogens is 423 g/mol. The van der Waals surface area contributed by atoms with Crippen LogP contribution in [0.2, 0.25) is 10.0 Å². The Balaban J connectivity index is 1.89. The van der Waals surface area contributed by atoms with Crippen molar-refractivity contribution in [2.75, 3.05) is 18.6 Å². The number of aryl methyl sites for hydroxylation is 2. The Hall–Kier alpha value is -1.77. The van der Waals surface area contributed by atoms with E-state index in [1.807, 2.05) is 6.26 Å². The van der Waals surface area contributed by atoms with Gasteiger partial charge in [0.15, 0.2) is 5.82 Å². The number of aromatic nitrogens is 2. The number of rotatable bonds is 10. The first-order chi connectivity index (χ1) is 13.4. The maximum absolute atomic E-state index is 12.5. The number of carbonyl (C=O) groups is 2. The fourth-order valence-corrected chi connectivity index (χ4v) is 3.40. The van der Waals surface area contributed by atoms with Crippen molar-refractivity contribution in [3.63, 3.8) is 0 Å². The topological polar surface area (TPSA) is 97.1 Å². The van der Waals surface area contributed by atoms with Gasteiger partial charge in [0.25, 0.3) is 5.91 Å². The van der Waals surface area contributed by atoms with Crippen molar-refractivity contribution in [1.82, 2.24) is 20.8 Å². The highest BCUT2D eigenvalue weighted by Gasteiger charge is 2.22. The van der Waals surface area contributed by atoms with Crippen LogP contribution in [0.4, 0.5) is 0 Å². The van der Waals surface area contributed by atoms with Crippen molar-refractivity contribution in [1.29, 1.82) is 0 Å². The van der Waals surface area contributed by atoms with E-state index in [9.17, 15) is 9.59 Å². The molecule has 1 heterocycles. The van der Waals surface area contributed by atoms with Crippen LogP contribution in [0, 0.1) is 6.92 Å². The molecule has 2 rings (SSSR count). The molecule has 10 heteroatoms. The van der Waals surface area contributed by atoms with Gasteiger partial charge in [-0.25, -0.2) is 0 Å². The van der Waals surface area contributed by atoms with Crippen LogP contribution in [0.15, 0.2) is 22.7 Å². The Kier molecular flexibility index (Phi) is 9.08. The summed E-state index contributed by atoms with van der Waals surface area (Å²) in [6.45, 7) is 2.19. The summed E-state index contributed by atoms with van der Waals surface area (Å²) < 4.78 is 5.04. The molecule has 2 N–H and O–H groups in total. The van der Waals surface area contributed by atoms with Crippen molar-refractivity contribution in [2.24, 2.45) is 0 Å². The van der Waals surface area contributed by atoms with Crippen LogP contribution in [-0.4, -0.2) is 46.6 Å². The molecule has 1 aromatic carbocycles. The molecule has 0 fully saturated rings. The van der Waals surface area contributed by atoms with Gasteiger partial charge < -0.3 is 15.2 Å². The molecule has 7 nitrogen and oxygen atoms in total. The summed E-state index contributed by atoms with van der Waals surface area (Å²) in [4.78, 5) is 29.2. The summed E-state index contributed by atoms with van der Waals surface area (Å²) in [5, 5.41) is 10.0. The van der Waals surface area contributed by atoms with E-state index in [-0.39, 0.29) is 16.5 Å². The van der Waals surface area contributed by atoms with E-state index in [2.05, 4.69) is 20.8 Å². The predicted octanol–water partition coefficient (Wildman–Crippen LogP) is 3.29. The summed E-state index contributed by atoms with van der Waals surface area (Å²) in [6, 6.07) is 3.96. The number of hydrogen-bond donors (Lipinski definition) is 2. The molecule has 0 spiro atoms. The summed E-state index contributed by atoms with van der Waals surface area (Å²) >= 11 is 13.5. The van der Waals surface area contributed by atoms with E-state index in [1.54, 1.807) is 24.8 Å². The van der Waals surface area contributed by atoms with Crippen molar-refractivity contribution in [3.05, 3.63) is 45.5 Å². The van der Waals surface area contributed by atoms with Crippen LogP contribution in [0.1, 0.15) is 34.9 Å². The third-order valence-corrected chi connectivity index (χ3v) is 5.04. The molecule has 0 aliphatic rings. The molecule has 28 heavy (non-hydrogen) atoms. The fraction of sp³-hybridized carbons (Fsp3) is 0.444. The number of benzene rings is 1. The lowest BCUT2D eigenvalue weighted by atomic mass is 10.1. The van der Waals surface area contributed by atoms with Gasteiger partial charge in [-0.05, 0) is 50.0 Å². The van der Waals surface area contributed by atoms with Gasteiger partial charge in [0, 0.05) is 18.0 Å².